The highest BCUT2D eigenvalue weighted by atomic mass is 16.5. The Bertz CT molecular complexity index is 3240. The number of ether oxygens (including phenoxy) is 4. The third kappa shape index (κ3) is 58.5. The van der Waals surface area contributed by atoms with Crippen molar-refractivity contribution in [2.75, 3.05) is 105 Å². The number of ketones is 2. The molecule has 12 amide bonds. The van der Waals surface area contributed by atoms with E-state index in [2.05, 4.69) is 58.2 Å². The number of hydrogen-bond acceptors (Lipinski definition) is 26. The van der Waals surface area contributed by atoms with E-state index in [0.717, 1.165) is 62.7 Å². The van der Waals surface area contributed by atoms with E-state index in [1.165, 1.54) is 70.4 Å². The summed E-state index contributed by atoms with van der Waals surface area (Å²) < 4.78 is 21.5. The summed E-state index contributed by atoms with van der Waals surface area (Å²) in [6, 6.07) is -12.3. The molecule has 1 rings (SSSR count). The van der Waals surface area contributed by atoms with Gasteiger partial charge in [-0.15, -0.1) is 0 Å². The first-order chi connectivity index (χ1) is 58.4. The molecule has 8 atom stereocenters. The molecule has 20 N–H and O–H groups in total. The summed E-state index contributed by atoms with van der Waals surface area (Å²) >= 11 is 0. The molecule has 0 fully saturated rings. The van der Waals surface area contributed by atoms with E-state index in [4.69, 9.17) is 35.5 Å². The van der Waals surface area contributed by atoms with Crippen molar-refractivity contribution in [2.45, 2.75) is 287 Å². The van der Waals surface area contributed by atoms with E-state index in [1.807, 2.05) is 13.8 Å². The highest BCUT2D eigenvalue weighted by Crippen LogP contribution is 2.18. The van der Waals surface area contributed by atoms with Crippen LogP contribution in [0.15, 0.2) is 16.8 Å². The maximum atomic E-state index is 14.4. The fourth-order valence-electron chi connectivity index (χ4n) is 12.5. The molecule has 0 aromatic heterocycles. The van der Waals surface area contributed by atoms with Gasteiger partial charge in [0.05, 0.1) is 78.5 Å². The predicted octanol–water partition coefficient (Wildman–Crippen LogP) is -0.533. The van der Waals surface area contributed by atoms with Crippen LogP contribution in [0, 0.1) is 0 Å². The smallest absolute Gasteiger partial charge is 0.317 e. The molecule has 0 saturated heterocycles. The van der Waals surface area contributed by atoms with E-state index < -0.39 is 197 Å². The number of unbranched alkanes of at least 4 members (excludes halogenated alkanes) is 17. The molecule has 1 aliphatic heterocycles. The van der Waals surface area contributed by atoms with Crippen LogP contribution < -0.4 is 64.6 Å². The number of carboxylic acids is 3. The van der Waals surface area contributed by atoms with Crippen LogP contribution >= 0.6 is 0 Å². The average Bonchev–Trinajstić information content (AvgIpc) is 1.08. The molecule has 1 heterocycles. The van der Waals surface area contributed by atoms with E-state index in [0.29, 0.717) is 38.0 Å². The van der Waals surface area contributed by atoms with Crippen LogP contribution in [-0.4, -0.2) is 296 Å². The lowest BCUT2D eigenvalue weighted by Gasteiger charge is -2.27. The third-order valence-electron chi connectivity index (χ3n) is 19.3. The molecular weight excluding hydrogens is 1600 g/mol. The Balaban J connectivity index is 2.72. The number of aliphatic hydroxyl groups is 3. The second kappa shape index (κ2) is 69.9. The van der Waals surface area contributed by atoms with Gasteiger partial charge in [-0.3, -0.25) is 91.4 Å². The van der Waals surface area contributed by atoms with Crippen LogP contribution in [0.5, 0.6) is 0 Å². The lowest BCUT2D eigenvalue weighted by Crippen LogP contribution is -2.61. The van der Waals surface area contributed by atoms with Crippen molar-refractivity contribution in [1.29, 1.82) is 0 Å². The van der Waals surface area contributed by atoms with Crippen LogP contribution in [-0.2, 0) is 100 Å². The zero-order chi connectivity index (χ0) is 90.7. The lowest BCUT2D eigenvalue weighted by atomic mass is 9.99. The van der Waals surface area contributed by atoms with Gasteiger partial charge >= 0.3 is 17.9 Å². The van der Waals surface area contributed by atoms with Gasteiger partial charge in [-0.2, -0.15) is 0 Å². The normalized spacial score (nSPS) is 13.6. The summed E-state index contributed by atoms with van der Waals surface area (Å²) in [4.78, 5) is 223. The number of aliphatic hydroxyl groups excluding tert-OH is 3. The number of amides is 12. The summed E-state index contributed by atoms with van der Waals surface area (Å²) in [5.41, 5.74) is 11.0. The molecular formula is C81H138N14O27. The molecule has 0 bridgehead atoms. The molecule has 694 valence electrons. The maximum Gasteiger partial charge on any atom is 0.317 e. The van der Waals surface area contributed by atoms with Crippen molar-refractivity contribution in [3.63, 3.8) is 0 Å². The fourth-order valence-corrected chi connectivity index (χ4v) is 12.5. The zero-order valence-electron chi connectivity index (χ0n) is 71.1. The quantitative estimate of drug-likeness (QED) is 0.0340. The molecule has 0 spiro atoms. The van der Waals surface area contributed by atoms with E-state index in [9.17, 15) is 107 Å². The molecule has 0 radical (unpaired) electrons. The number of carbonyl (C=O) groups is 17. The zero-order valence-corrected chi connectivity index (χ0v) is 71.1. The van der Waals surface area contributed by atoms with Crippen LogP contribution in [0.4, 0.5) is 0 Å². The van der Waals surface area contributed by atoms with Crippen molar-refractivity contribution in [1.82, 2.24) is 58.1 Å². The van der Waals surface area contributed by atoms with Gasteiger partial charge in [0.25, 0.3) is 0 Å². The Kier molecular flexibility index (Phi) is 63.3. The Morgan fingerprint density at radius 2 is 0.836 bits per heavy atom. The Hall–Kier alpha value is -9.52. The minimum Gasteiger partial charge on any atom is -0.481 e. The van der Waals surface area contributed by atoms with Gasteiger partial charge in [-0.1, -0.05) is 116 Å². The number of nitrogens with zero attached hydrogens (tertiary/aromatic N) is 2. The monoisotopic (exact) mass is 1740 g/mol. The third-order valence-corrected chi connectivity index (χ3v) is 19.3. The summed E-state index contributed by atoms with van der Waals surface area (Å²) in [6.07, 6.45) is 23.9. The van der Waals surface area contributed by atoms with E-state index in [1.54, 1.807) is 6.08 Å². The second-order valence-corrected chi connectivity index (χ2v) is 30.1. The largest absolute Gasteiger partial charge is 0.481 e. The highest BCUT2D eigenvalue weighted by Gasteiger charge is 2.35. The van der Waals surface area contributed by atoms with E-state index >= 15 is 0 Å². The summed E-state index contributed by atoms with van der Waals surface area (Å²) in [5.74, 6) is -15.2. The number of aliphatic carboxylic acids is 3. The lowest BCUT2D eigenvalue weighted by molar-refractivity contribution is -0.142. The van der Waals surface area contributed by atoms with Gasteiger partial charge < -0.3 is 114 Å². The molecule has 122 heavy (non-hydrogen) atoms. The first kappa shape index (κ1) is 110. The van der Waals surface area contributed by atoms with Crippen molar-refractivity contribution < 1.29 is 131 Å². The number of primary amides is 2. The number of Topliss-reactive ketones (excluding diaryl/α,β-unsaturated/α-hetero) is 2. The summed E-state index contributed by atoms with van der Waals surface area (Å²) in [5, 5.41) is 81.9. The minimum absolute atomic E-state index is 0.0163. The number of carbonyl (C=O) groups excluding carboxylic acids is 14. The van der Waals surface area contributed by atoms with Gasteiger partial charge in [-0.25, -0.2) is 0 Å². The molecule has 0 aromatic rings. The topological polar surface area (TPSA) is 636 Å². The van der Waals surface area contributed by atoms with Gasteiger partial charge in [0.15, 0.2) is 5.78 Å². The van der Waals surface area contributed by atoms with Crippen LogP contribution in [0.2, 0.25) is 0 Å². The van der Waals surface area contributed by atoms with Crippen molar-refractivity contribution >= 4 is 107 Å². The van der Waals surface area contributed by atoms with Crippen molar-refractivity contribution in [3.8, 4) is 0 Å². The van der Waals surface area contributed by atoms with Crippen LogP contribution in [0.3, 0.4) is 0 Å². The first-order valence-electron chi connectivity index (χ1n) is 42.7. The minimum atomic E-state index is -2.00. The number of nitrogens with two attached hydrogens (primary N) is 2. The van der Waals surface area contributed by atoms with E-state index in [-0.39, 0.29) is 128 Å². The van der Waals surface area contributed by atoms with Crippen molar-refractivity contribution in [2.24, 2.45) is 16.5 Å². The number of aliphatic imine (C=N–C) groups is 1. The maximum absolute atomic E-state index is 14.4. The Labute approximate surface area is 713 Å². The fraction of sp³-hybridized carbons (Fsp3) is 0.753. The molecule has 0 saturated carbocycles. The number of hydrogen-bond donors (Lipinski definition) is 18. The molecule has 0 aliphatic carbocycles. The van der Waals surface area contributed by atoms with Gasteiger partial charge in [0.1, 0.15) is 55.2 Å². The number of rotatable bonds is 80. The van der Waals surface area contributed by atoms with Crippen molar-refractivity contribution in [3.05, 3.63) is 11.8 Å². The molecule has 41 heteroatoms. The SMILES string of the molecule is CCCC[C@@H](C)NC(=O)CCCC(=O)[C@H](CCCCN(CC(=O)O)CC(=O)O)NC(=O)[C@H](CC1=CCC=N1)NC(=O)[C@H](CCC(N)=O)NC(=O)[C@H](CO)NC(=O)[C@H](CO)NC(=O)[C@H](CCC(N)=O)NC(=O)[C@@H](CO)NC(=O)CNC(=O)COCCOCCNC(=O)COCCOCCCC(=O)CCCCCCCCCCCCCCCCCCC(=O)O. The molecule has 1 aliphatic rings. The molecule has 41 nitrogen and oxygen atoms in total. The van der Waals surface area contributed by atoms with Crippen LogP contribution in [0.25, 0.3) is 0 Å². The summed E-state index contributed by atoms with van der Waals surface area (Å²) in [6.45, 7) is -1.35. The number of nitrogens with one attached hydrogen (secondary N) is 10. The Morgan fingerprint density at radius 3 is 1.31 bits per heavy atom. The van der Waals surface area contributed by atoms with Gasteiger partial charge in [0, 0.05) is 88.9 Å². The number of allylic oxidation sites excluding steroid dienone is 1. The highest BCUT2D eigenvalue weighted by molar-refractivity contribution is 5.99. The number of carboxylic acid groups (broad SMARTS) is 3. The average molecular weight is 1740 g/mol. The Morgan fingerprint density at radius 1 is 0.402 bits per heavy atom. The standard InChI is InChI=1S/C81H138N14O27/c1-3-4-26-56(2)87-69(103)32-23-31-66(100)59(30-21-22-40-95(49-74(109)110)50-75(111)112)89-78(115)62(47-57-27-24-38-84-57)92-76(113)60(34-36-67(82)101)91-80(117)64(52-97)94-81(118)65(53-98)93-77(114)61(35-37-68(83)102)90-79(116)63(51-96)88-70(104)48-86-72(106)55-122-46-44-120-42-39-85-71(105)54-121-45-43-119-41-25-29-58(99)28-19-17-15-13-11-9-7-5-6-8-10-12-14-16-18-20-33-73(107)108/h27,38,56,59-65,96-98H,3-26,28-37,39-55H2,1-2H3,(H2,82,101)(H2,83,102)(H,85,105)(H,86,106)(H,87,103)(H,88,104)(H,89,115)(H,90,116)(H,91,117)(H,92,113)(H,93,114)(H,94,118)(H,107,108)(H,109,110)(H,111,112)/t56-,59+,60+,61+,62+,63-,64+,65+/m1/s1. The van der Waals surface area contributed by atoms with Gasteiger partial charge in [0.2, 0.25) is 70.9 Å². The van der Waals surface area contributed by atoms with Crippen LogP contribution in [0.1, 0.15) is 239 Å². The first-order valence-corrected chi connectivity index (χ1v) is 42.7. The summed E-state index contributed by atoms with van der Waals surface area (Å²) in [7, 11) is 0. The molecule has 0 unspecified atom stereocenters. The molecule has 0 aromatic carbocycles. The second-order valence-electron chi connectivity index (χ2n) is 30.1. The van der Waals surface area contributed by atoms with Gasteiger partial charge in [-0.05, 0) is 77.7 Å². The predicted molar refractivity (Wildman–Crippen MR) is 443 cm³/mol.